The Labute approximate surface area is 168 Å². The Hall–Kier alpha value is -0.900. The van der Waals surface area contributed by atoms with Crippen molar-refractivity contribution in [1.29, 1.82) is 0 Å². The van der Waals surface area contributed by atoms with Crippen molar-refractivity contribution in [3.8, 4) is 0 Å². The van der Waals surface area contributed by atoms with Gasteiger partial charge in [-0.1, -0.05) is 89.9 Å². The molecule has 4 heteroatoms. The summed E-state index contributed by atoms with van der Waals surface area (Å²) in [4.78, 5) is 21.4. The van der Waals surface area contributed by atoms with E-state index in [0.717, 1.165) is 39.1 Å². The van der Waals surface area contributed by atoms with Gasteiger partial charge in [-0.05, 0) is 19.8 Å². The lowest BCUT2D eigenvalue weighted by Crippen LogP contribution is -2.03. The molecule has 0 unspecified atom stereocenters. The monoisotopic (exact) mass is 386 g/mol. The van der Waals surface area contributed by atoms with Crippen LogP contribution in [0.2, 0.25) is 0 Å². The number of esters is 1. The van der Waals surface area contributed by atoms with Crippen molar-refractivity contribution in [3.63, 3.8) is 0 Å². The number of hydrogen-bond acceptors (Lipinski definition) is 4. The number of carbonyl (C=O) groups is 2. The highest BCUT2D eigenvalue weighted by molar-refractivity contribution is 5.69. The third kappa shape index (κ3) is 27.4. The van der Waals surface area contributed by atoms with Crippen LogP contribution in [-0.4, -0.2) is 31.1 Å². The van der Waals surface area contributed by atoms with E-state index in [9.17, 15) is 9.59 Å². The molecule has 0 spiro atoms. The average molecular weight is 387 g/mol. The zero-order valence-electron chi connectivity index (χ0n) is 18.2. The third-order valence-corrected chi connectivity index (χ3v) is 4.76. The number of aliphatic hydroxyl groups excluding tert-OH is 1. The Bertz CT molecular complexity index is 292. The summed E-state index contributed by atoms with van der Waals surface area (Å²) in [6.45, 7) is 2.36. The molecule has 0 aromatic rings. The molecule has 0 aliphatic rings. The topological polar surface area (TPSA) is 63.6 Å². The number of aliphatic hydroxyl groups is 1. The predicted octanol–water partition coefficient (Wildman–Crippen LogP) is 6.38. The molecule has 0 aliphatic heterocycles. The lowest BCUT2D eigenvalue weighted by Gasteiger charge is -2.04. The van der Waals surface area contributed by atoms with E-state index in [1.807, 2.05) is 6.92 Å². The standard InChI is InChI=1S/C22H42O3.CH4O/c1-2-25-22(24)20-18-16-14-12-10-8-6-4-3-5-7-9-11-13-15-17-19-21-23;1-2/h21H,2-20H2,1H3;2H,1H3. The van der Waals surface area contributed by atoms with E-state index in [4.69, 9.17) is 9.84 Å². The molecule has 0 heterocycles. The second kappa shape index (κ2) is 27.3. The molecule has 0 radical (unpaired) electrons. The van der Waals surface area contributed by atoms with Crippen molar-refractivity contribution in [2.45, 2.75) is 122 Å². The Morgan fingerprint density at radius 1 is 0.667 bits per heavy atom. The molecule has 0 amide bonds. The van der Waals surface area contributed by atoms with Crippen molar-refractivity contribution in [1.82, 2.24) is 0 Å². The van der Waals surface area contributed by atoms with E-state index in [-0.39, 0.29) is 5.97 Å². The minimum Gasteiger partial charge on any atom is -0.466 e. The normalized spacial score (nSPS) is 10.2. The zero-order chi connectivity index (χ0) is 20.4. The van der Waals surface area contributed by atoms with Gasteiger partial charge in [0.2, 0.25) is 0 Å². The molecule has 0 aromatic carbocycles. The molecule has 162 valence electrons. The van der Waals surface area contributed by atoms with Crippen molar-refractivity contribution >= 4 is 12.3 Å². The Kier molecular flexibility index (Phi) is 28.6. The maximum Gasteiger partial charge on any atom is 0.305 e. The van der Waals surface area contributed by atoms with E-state index in [1.165, 1.54) is 83.5 Å². The van der Waals surface area contributed by atoms with Crippen LogP contribution in [0.4, 0.5) is 0 Å². The molecule has 4 nitrogen and oxygen atoms in total. The summed E-state index contributed by atoms with van der Waals surface area (Å²) in [5.74, 6) is -0.0413. The van der Waals surface area contributed by atoms with Crippen molar-refractivity contribution < 1.29 is 19.4 Å². The molecule has 0 atom stereocenters. The lowest BCUT2D eigenvalue weighted by atomic mass is 10.0. The van der Waals surface area contributed by atoms with Gasteiger partial charge in [0, 0.05) is 20.0 Å². The van der Waals surface area contributed by atoms with E-state index in [0.29, 0.717) is 13.0 Å². The Balaban J connectivity index is 0. The number of rotatable bonds is 20. The first-order chi connectivity index (χ1) is 13.3. The van der Waals surface area contributed by atoms with Crippen LogP contribution in [-0.2, 0) is 14.3 Å². The number of ether oxygens (including phenoxy) is 1. The van der Waals surface area contributed by atoms with Crippen LogP contribution in [0.3, 0.4) is 0 Å². The van der Waals surface area contributed by atoms with Gasteiger partial charge < -0.3 is 14.6 Å². The second-order valence-corrected chi connectivity index (χ2v) is 7.17. The maximum absolute atomic E-state index is 11.2. The van der Waals surface area contributed by atoms with Crippen LogP contribution in [0.1, 0.15) is 122 Å². The van der Waals surface area contributed by atoms with Crippen LogP contribution in [0.15, 0.2) is 0 Å². The molecule has 0 saturated heterocycles. The molecule has 27 heavy (non-hydrogen) atoms. The Morgan fingerprint density at radius 2 is 1.00 bits per heavy atom. The van der Waals surface area contributed by atoms with Gasteiger partial charge in [0.1, 0.15) is 6.29 Å². The van der Waals surface area contributed by atoms with E-state index >= 15 is 0 Å². The fourth-order valence-corrected chi connectivity index (χ4v) is 3.21. The number of aldehydes is 1. The Morgan fingerprint density at radius 3 is 1.33 bits per heavy atom. The number of hydrogen-bond donors (Lipinski definition) is 1. The van der Waals surface area contributed by atoms with Crippen molar-refractivity contribution in [3.05, 3.63) is 0 Å². The highest BCUT2D eigenvalue weighted by Gasteiger charge is 2.00. The minimum atomic E-state index is -0.0413. The van der Waals surface area contributed by atoms with Gasteiger partial charge in [-0.2, -0.15) is 0 Å². The van der Waals surface area contributed by atoms with Gasteiger partial charge in [-0.15, -0.1) is 0 Å². The van der Waals surface area contributed by atoms with Crippen LogP contribution in [0.5, 0.6) is 0 Å². The SMILES string of the molecule is CCOC(=O)CCCCCCCCCCCCCCCCCCC=O.CO. The first kappa shape index (κ1) is 28.3. The van der Waals surface area contributed by atoms with Crippen molar-refractivity contribution in [2.24, 2.45) is 0 Å². The molecule has 0 fully saturated rings. The summed E-state index contributed by atoms with van der Waals surface area (Å²) >= 11 is 0. The van der Waals surface area contributed by atoms with Gasteiger partial charge in [-0.3, -0.25) is 4.79 Å². The molecule has 1 N–H and O–H groups in total. The minimum absolute atomic E-state index is 0.0413. The van der Waals surface area contributed by atoms with Gasteiger partial charge in [0.25, 0.3) is 0 Å². The summed E-state index contributed by atoms with van der Waals surface area (Å²) < 4.78 is 4.92. The predicted molar refractivity (Wildman–Crippen MR) is 114 cm³/mol. The molecule has 0 saturated carbocycles. The average Bonchev–Trinajstić information content (AvgIpc) is 2.69. The van der Waals surface area contributed by atoms with Gasteiger partial charge >= 0.3 is 5.97 Å². The van der Waals surface area contributed by atoms with Crippen LogP contribution in [0, 0.1) is 0 Å². The first-order valence-corrected chi connectivity index (χ1v) is 11.3. The quantitative estimate of drug-likeness (QED) is 0.150. The molecule has 0 rings (SSSR count). The van der Waals surface area contributed by atoms with Gasteiger partial charge in [0.05, 0.1) is 6.61 Å². The summed E-state index contributed by atoms with van der Waals surface area (Å²) in [7, 11) is 1.00. The summed E-state index contributed by atoms with van der Waals surface area (Å²) in [6.07, 6.45) is 23.0. The largest absolute Gasteiger partial charge is 0.466 e. The summed E-state index contributed by atoms with van der Waals surface area (Å²) in [5.41, 5.74) is 0. The molecule has 0 aliphatic carbocycles. The molecular formula is C23H46O4. The fourth-order valence-electron chi connectivity index (χ4n) is 3.21. The van der Waals surface area contributed by atoms with Crippen molar-refractivity contribution in [2.75, 3.05) is 13.7 Å². The molecular weight excluding hydrogens is 340 g/mol. The van der Waals surface area contributed by atoms with Gasteiger partial charge in [0.15, 0.2) is 0 Å². The maximum atomic E-state index is 11.2. The highest BCUT2D eigenvalue weighted by atomic mass is 16.5. The summed E-state index contributed by atoms with van der Waals surface area (Å²) in [5, 5.41) is 7.00. The lowest BCUT2D eigenvalue weighted by molar-refractivity contribution is -0.143. The van der Waals surface area contributed by atoms with Crippen LogP contribution in [0.25, 0.3) is 0 Å². The number of unbranched alkanes of at least 4 members (excludes halogenated alkanes) is 16. The number of carbonyl (C=O) groups excluding carboxylic acids is 2. The zero-order valence-corrected chi connectivity index (χ0v) is 18.2. The van der Waals surface area contributed by atoms with E-state index in [1.54, 1.807) is 0 Å². The second-order valence-electron chi connectivity index (χ2n) is 7.17. The first-order valence-electron chi connectivity index (χ1n) is 11.3. The highest BCUT2D eigenvalue weighted by Crippen LogP contribution is 2.14. The van der Waals surface area contributed by atoms with Crippen LogP contribution < -0.4 is 0 Å². The molecule has 0 bridgehead atoms. The smallest absolute Gasteiger partial charge is 0.305 e. The van der Waals surface area contributed by atoms with Gasteiger partial charge in [-0.25, -0.2) is 0 Å². The van der Waals surface area contributed by atoms with Crippen LogP contribution >= 0.6 is 0 Å². The summed E-state index contributed by atoms with van der Waals surface area (Å²) in [6, 6.07) is 0. The fraction of sp³-hybridized carbons (Fsp3) is 0.913. The van der Waals surface area contributed by atoms with E-state index in [2.05, 4.69) is 0 Å². The molecule has 0 aromatic heterocycles. The third-order valence-electron chi connectivity index (χ3n) is 4.76. The van der Waals surface area contributed by atoms with E-state index < -0.39 is 0 Å².